The number of fused-ring (bicyclic) bond motifs is 1. The Kier molecular flexibility index (Phi) is 4.83. The Labute approximate surface area is 106 Å². The molecule has 1 N–H and O–H groups in total. The van der Waals surface area contributed by atoms with Gasteiger partial charge in [-0.1, -0.05) is 13.3 Å². The van der Waals surface area contributed by atoms with Gasteiger partial charge in [-0.2, -0.15) is 4.52 Å². The van der Waals surface area contributed by atoms with Crippen LogP contribution in [-0.2, 0) is 4.74 Å². The number of unbranched alkanes of at least 4 members (excludes halogenated alkanes) is 1. The van der Waals surface area contributed by atoms with Gasteiger partial charge in [0.2, 0.25) is 0 Å². The molecule has 0 bridgehead atoms. The highest BCUT2D eigenvalue weighted by Crippen LogP contribution is 2.05. The Bertz CT molecular complexity index is 471. The second-order valence-electron chi connectivity index (χ2n) is 3.99. The first-order chi connectivity index (χ1) is 8.92. The summed E-state index contributed by atoms with van der Waals surface area (Å²) in [4.78, 5) is 4.07. The number of tetrazole rings is 1. The van der Waals surface area contributed by atoms with Crippen molar-refractivity contribution in [2.45, 2.75) is 26.2 Å². The van der Waals surface area contributed by atoms with Crippen LogP contribution in [0.4, 0.5) is 5.82 Å². The lowest BCUT2D eigenvalue weighted by molar-refractivity contribution is 0.131. The molecule has 18 heavy (non-hydrogen) atoms. The van der Waals surface area contributed by atoms with Crippen molar-refractivity contribution in [1.82, 2.24) is 25.0 Å². The molecule has 0 aliphatic heterocycles. The first-order valence-corrected chi connectivity index (χ1v) is 6.25. The fourth-order valence-corrected chi connectivity index (χ4v) is 1.54. The third kappa shape index (κ3) is 3.36. The van der Waals surface area contributed by atoms with Crippen LogP contribution in [0.3, 0.4) is 0 Å². The molecule has 0 aliphatic rings. The normalized spacial score (nSPS) is 10.9. The van der Waals surface area contributed by atoms with Crippen LogP contribution in [0, 0.1) is 0 Å². The van der Waals surface area contributed by atoms with Crippen molar-refractivity contribution in [1.29, 1.82) is 0 Å². The van der Waals surface area contributed by atoms with Crippen molar-refractivity contribution in [3.05, 3.63) is 12.4 Å². The van der Waals surface area contributed by atoms with Gasteiger partial charge < -0.3 is 10.1 Å². The quantitative estimate of drug-likeness (QED) is 0.708. The highest BCUT2D eigenvalue weighted by Gasteiger charge is 2.02. The van der Waals surface area contributed by atoms with Crippen molar-refractivity contribution in [3.8, 4) is 0 Å². The summed E-state index contributed by atoms with van der Waals surface area (Å²) < 4.78 is 7.11. The minimum atomic E-state index is 0.638. The van der Waals surface area contributed by atoms with Crippen LogP contribution >= 0.6 is 0 Å². The van der Waals surface area contributed by atoms with Crippen molar-refractivity contribution in [3.63, 3.8) is 0 Å². The molecule has 0 radical (unpaired) electrons. The van der Waals surface area contributed by atoms with Crippen LogP contribution in [0.5, 0.6) is 0 Å². The molecule has 0 unspecified atom stereocenters. The number of anilines is 1. The van der Waals surface area contributed by atoms with E-state index >= 15 is 0 Å². The summed E-state index contributed by atoms with van der Waals surface area (Å²) in [6.07, 6.45) is 6.58. The molecule has 7 nitrogen and oxygen atoms in total. The maximum atomic E-state index is 5.48. The van der Waals surface area contributed by atoms with E-state index in [4.69, 9.17) is 4.74 Å². The Hall–Kier alpha value is -1.76. The van der Waals surface area contributed by atoms with Gasteiger partial charge >= 0.3 is 0 Å². The SMILES string of the molecule is CCCCOCCCNc1cncc2nnnn12. The van der Waals surface area contributed by atoms with Crippen LogP contribution in [0.2, 0.25) is 0 Å². The smallest absolute Gasteiger partial charge is 0.199 e. The number of rotatable bonds is 8. The molecule has 2 rings (SSSR count). The number of nitrogens with zero attached hydrogens (tertiary/aromatic N) is 5. The molecular weight excluding hydrogens is 232 g/mol. The summed E-state index contributed by atoms with van der Waals surface area (Å²) >= 11 is 0. The van der Waals surface area contributed by atoms with Crippen molar-refractivity contribution >= 4 is 11.5 Å². The summed E-state index contributed by atoms with van der Waals surface area (Å²) in [7, 11) is 0. The minimum absolute atomic E-state index is 0.638. The third-order valence-electron chi connectivity index (χ3n) is 2.52. The fourth-order valence-electron chi connectivity index (χ4n) is 1.54. The van der Waals surface area contributed by atoms with E-state index in [1.54, 1.807) is 16.9 Å². The predicted octanol–water partition coefficient (Wildman–Crippen LogP) is 1.14. The number of nitrogens with one attached hydrogen (secondary N) is 1. The summed E-state index contributed by atoms with van der Waals surface area (Å²) in [5.41, 5.74) is 0.638. The average Bonchev–Trinajstić information content (AvgIpc) is 2.86. The lowest BCUT2D eigenvalue weighted by Crippen LogP contribution is -2.10. The molecule has 0 saturated carbocycles. The minimum Gasteiger partial charge on any atom is -0.381 e. The molecule has 0 amide bonds. The van der Waals surface area contributed by atoms with Crippen LogP contribution in [0.15, 0.2) is 12.4 Å². The molecule has 0 atom stereocenters. The molecular formula is C11H18N6O. The van der Waals surface area contributed by atoms with Gasteiger partial charge in [0, 0.05) is 19.8 Å². The summed E-state index contributed by atoms with van der Waals surface area (Å²) in [5.74, 6) is 0.797. The Morgan fingerprint density at radius 1 is 1.28 bits per heavy atom. The van der Waals surface area contributed by atoms with Gasteiger partial charge in [0.1, 0.15) is 5.82 Å². The van der Waals surface area contributed by atoms with E-state index in [2.05, 4.69) is 32.7 Å². The van der Waals surface area contributed by atoms with Crippen molar-refractivity contribution in [2.24, 2.45) is 0 Å². The Morgan fingerprint density at radius 3 is 3.06 bits per heavy atom. The fraction of sp³-hybridized carbons (Fsp3) is 0.636. The second-order valence-corrected chi connectivity index (χ2v) is 3.99. The third-order valence-corrected chi connectivity index (χ3v) is 2.52. The maximum Gasteiger partial charge on any atom is 0.199 e. The standard InChI is InChI=1S/C11H18N6O/c1-2-3-6-18-7-4-5-13-10-8-12-9-11-14-15-16-17(10)11/h8-9,13H,2-7H2,1H3. The highest BCUT2D eigenvalue weighted by atomic mass is 16.5. The van der Waals surface area contributed by atoms with E-state index in [1.165, 1.54) is 6.42 Å². The highest BCUT2D eigenvalue weighted by molar-refractivity contribution is 5.43. The summed E-state index contributed by atoms with van der Waals surface area (Å²) in [6.45, 7) is 4.59. The molecule has 98 valence electrons. The molecule has 0 spiro atoms. The van der Waals surface area contributed by atoms with E-state index in [9.17, 15) is 0 Å². The zero-order valence-corrected chi connectivity index (χ0v) is 10.5. The topological polar surface area (TPSA) is 77.2 Å². The van der Waals surface area contributed by atoms with Gasteiger partial charge in [0.25, 0.3) is 0 Å². The van der Waals surface area contributed by atoms with Gasteiger partial charge in [-0.25, -0.2) is 0 Å². The lowest BCUT2D eigenvalue weighted by Gasteiger charge is -2.07. The van der Waals surface area contributed by atoms with E-state index < -0.39 is 0 Å². The molecule has 7 heteroatoms. The average molecular weight is 250 g/mol. The van der Waals surface area contributed by atoms with Crippen molar-refractivity contribution < 1.29 is 4.74 Å². The zero-order valence-electron chi connectivity index (χ0n) is 10.5. The van der Waals surface area contributed by atoms with Crippen LogP contribution in [0.25, 0.3) is 5.65 Å². The molecule has 0 fully saturated rings. The van der Waals surface area contributed by atoms with Gasteiger partial charge in [0.05, 0.1) is 12.4 Å². The Morgan fingerprint density at radius 2 is 2.17 bits per heavy atom. The maximum absolute atomic E-state index is 5.48. The lowest BCUT2D eigenvalue weighted by atomic mass is 10.4. The summed E-state index contributed by atoms with van der Waals surface area (Å²) in [5, 5.41) is 14.6. The summed E-state index contributed by atoms with van der Waals surface area (Å²) in [6, 6.07) is 0. The molecule has 0 aromatic carbocycles. The first kappa shape index (κ1) is 12.7. The number of hydrogen-bond donors (Lipinski definition) is 1. The zero-order chi connectivity index (χ0) is 12.6. The van der Waals surface area contributed by atoms with Gasteiger partial charge in [0.15, 0.2) is 5.65 Å². The number of aromatic nitrogens is 5. The van der Waals surface area contributed by atoms with E-state index in [1.807, 2.05) is 0 Å². The number of hydrogen-bond acceptors (Lipinski definition) is 6. The van der Waals surface area contributed by atoms with Gasteiger partial charge in [-0.15, -0.1) is 5.10 Å². The molecule has 0 saturated heterocycles. The van der Waals surface area contributed by atoms with Gasteiger partial charge in [-0.05, 0) is 23.3 Å². The monoisotopic (exact) mass is 250 g/mol. The second kappa shape index (κ2) is 6.85. The molecule has 0 aliphatic carbocycles. The predicted molar refractivity (Wildman–Crippen MR) is 67.4 cm³/mol. The van der Waals surface area contributed by atoms with E-state index in [0.717, 1.165) is 38.4 Å². The van der Waals surface area contributed by atoms with Gasteiger partial charge in [-0.3, -0.25) is 4.98 Å². The van der Waals surface area contributed by atoms with Crippen LogP contribution in [0.1, 0.15) is 26.2 Å². The van der Waals surface area contributed by atoms with E-state index in [0.29, 0.717) is 5.65 Å². The molecule has 2 aromatic heterocycles. The number of ether oxygens (including phenoxy) is 1. The van der Waals surface area contributed by atoms with Crippen molar-refractivity contribution in [2.75, 3.05) is 25.1 Å². The first-order valence-electron chi connectivity index (χ1n) is 6.25. The van der Waals surface area contributed by atoms with E-state index in [-0.39, 0.29) is 0 Å². The molecule has 2 heterocycles. The Balaban J connectivity index is 1.72. The van der Waals surface area contributed by atoms with Crippen LogP contribution in [-0.4, -0.2) is 44.8 Å². The molecule has 2 aromatic rings. The van der Waals surface area contributed by atoms with Crippen LogP contribution < -0.4 is 5.32 Å². The largest absolute Gasteiger partial charge is 0.381 e.